The van der Waals surface area contributed by atoms with Gasteiger partial charge in [0.25, 0.3) is 0 Å². The fourth-order valence-electron chi connectivity index (χ4n) is 4.43. The second-order valence-corrected chi connectivity index (χ2v) is 9.01. The monoisotopic (exact) mass is 507 g/mol. The minimum absolute atomic E-state index is 0.0712. The van der Waals surface area contributed by atoms with Crippen LogP contribution >= 0.6 is 15.9 Å². The Labute approximate surface area is 202 Å². The molecule has 0 fully saturated rings. The summed E-state index contributed by atoms with van der Waals surface area (Å²) in [6.45, 7) is 2.76. The van der Waals surface area contributed by atoms with Crippen molar-refractivity contribution >= 4 is 21.7 Å². The van der Waals surface area contributed by atoms with Crippen LogP contribution in [0.2, 0.25) is 0 Å². The van der Waals surface area contributed by atoms with Crippen LogP contribution in [0.15, 0.2) is 69.6 Å². The predicted octanol–water partition coefficient (Wildman–Crippen LogP) is 5.16. The van der Waals surface area contributed by atoms with E-state index in [2.05, 4.69) is 22.0 Å². The summed E-state index contributed by atoms with van der Waals surface area (Å²) < 4.78 is 12.9. The van der Waals surface area contributed by atoms with Gasteiger partial charge in [-0.3, -0.25) is 4.79 Å². The smallest absolute Gasteiger partial charge is 0.161 e. The maximum Gasteiger partial charge on any atom is 0.161 e. The van der Waals surface area contributed by atoms with Crippen molar-refractivity contribution in [1.29, 1.82) is 5.26 Å². The van der Waals surface area contributed by atoms with Crippen LogP contribution in [0.25, 0.3) is 0 Å². The number of ketones is 1. The van der Waals surface area contributed by atoms with Crippen molar-refractivity contribution in [2.75, 3.05) is 13.7 Å². The summed E-state index contributed by atoms with van der Waals surface area (Å²) >= 11 is 3.44. The summed E-state index contributed by atoms with van der Waals surface area (Å²) in [5, 5.41) is 9.94. The van der Waals surface area contributed by atoms with E-state index < -0.39 is 5.92 Å². The lowest BCUT2D eigenvalue weighted by molar-refractivity contribution is -0.116. The minimum atomic E-state index is -0.506. The van der Waals surface area contributed by atoms with E-state index in [9.17, 15) is 10.1 Å². The Morgan fingerprint density at radius 3 is 2.61 bits per heavy atom. The summed E-state index contributed by atoms with van der Waals surface area (Å²) in [4.78, 5) is 14.8. The van der Waals surface area contributed by atoms with Gasteiger partial charge in [0.1, 0.15) is 12.4 Å². The highest BCUT2D eigenvalue weighted by molar-refractivity contribution is 9.10. The van der Waals surface area contributed by atoms with Gasteiger partial charge in [0.15, 0.2) is 17.3 Å². The zero-order valence-electron chi connectivity index (χ0n) is 18.7. The van der Waals surface area contributed by atoms with E-state index >= 15 is 0 Å². The van der Waals surface area contributed by atoms with Crippen LogP contribution in [0.4, 0.5) is 0 Å². The van der Waals surface area contributed by atoms with Crippen LogP contribution in [-0.4, -0.2) is 24.3 Å². The Hall–Kier alpha value is -3.24. The largest absolute Gasteiger partial charge is 0.490 e. The number of nitrogens with zero attached hydrogens (tertiary/aromatic N) is 2. The van der Waals surface area contributed by atoms with E-state index in [1.807, 2.05) is 56.4 Å². The highest BCUT2D eigenvalue weighted by atomic mass is 79.9. The molecule has 33 heavy (non-hydrogen) atoms. The van der Waals surface area contributed by atoms with Gasteiger partial charge >= 0.3 is 0 Å². The van der Waals surface area contributed by atoms with Gasteiger partial charge in [-0.25, -0.2) is 0 Å². The lowest BCUT2D eigenvalue weighted by Crippen LogP contribution is -2.36. The van der Waals surface area contributed by atoms with Crippen LogP contribution in [0, 0.1) is 11.3 Å². The molecule has 1 heterocycles. The standard InChI is InChI=1S/C26H26BrN3O3/c1-3-32-23-13-17(9-12-22(23)33-15-16-7-10-18(27)11-8-16)24-19(14-28)26(29)30(2)20-5-4-6-21(31)25(20)24/h7-13,24H,3-6,15,29H2,1-2H3/t24-/m1/s1. The van der Waals surface area contributed by atoms with Crippen LogP contribution < -0.4 is 15.2 Å². The molecule has 2 aromatic rings. The summed E-state index contributed by atoms with van der Waals surface area (Å²) in [5.41, 5.74) is 10.1. The number of Topliss-reactive ketones (excluding diaryl/α,β-unsaturated/α-hetero) is 1. The third-order valence-corrected chi connectivity index (χ3v) is 6.61. The van der Waals surface area contributed by atoms with Crippen molar-refractivity contribution in [2.24, 2.45) is 5.73 Å². The van der Waals surface area contributed by atoms with Gasteiger partial charge in [-0.2, -0.15) is 5.26 Å². The van der Waals surface area contributed by atoms with E-state index in [4.69, 9.17) is 15.2 Å². The number of carbonyl (C=O) groups is 1. The van der Waals surface area contributed by atoms with Gasteiger partial charge in [-0.05, 0) is 55.2 Å². The van der Waals surface area contributed by atoms with Gasteiger partial charge < -0.3 is 20.1 Å². The molecule has 2 N–H and O–H groups in total. The lowest BCUT2D eigenvalue weighted by atomic mass is 9.76. The van der Waals surface area contributed by atoms with Crippen molar-refractivity contribution in [3.63, 3.8) is 0 Å². The van der Waals surface area contributed by atoms with E-state index in [0.717, 1.165) is 34.1 Å². The van der Waals surface area contributed by atoms with E-state index in [1.54, 1.807) is 4.90 Å². The Morgan fingerprint density at radius 2 is 1.91 bits per heavy atom. The Kier molecular flexibility index (Phi) is 6.75. The van der Waals surface area contributed by atoms with E-state index in [1.165, 1.54) is 0 Å². The molecule has 4 rings (SSSR count). The second-order valence-electron chi connectivity index (χ2n) is 8.09. The molecule has 0 spiro atoms. The molecule has 0 unspecified atom stereocenters. The molecule has 1 aliphatic heterocycles. The SMILES string of the molecule is CCOc1cc([C@@H]2C(C#N)=C(N)N(C)C3=C2C(=O)CCC3)ccc1OCc1ccc(Br)cc1. The van der Waals surface area contributed by atoms with E-state index in [0.29, 0.717) is 48.1 Å². The molecule has 0 saturated carbocycles. The first-order chi connectivity index (χ1) is 15.9. The number of rotatable bonds is 6. The average Bonchev–Trinajstić information content (AvgIpc) is 2.82. The molecule has 1 atom stereocenters. The van der Waals surface area contributed by atoms with Gasteiger partial charge in [-0.15, -0.1) is 0 Å². The molecule has 0 bridgehead atoms. The topological polar surface area (TPSA) is 88.6 Å². The van der Waals surface area contributed by atoms with Crippen LogP contribution in [-0.2, 0) is 11.4 Å². The molecule has 0 saturated heterocycles. The highest BCUT2D eigenvalue weighted by Crippen LogP contribution is 2.45. The number of nitrogens with two attached hydrogens (primary N) is 1. The predicted molar refractivity (Wildman–Crippen MR) is 129 cm³/mol. The number of hydrogen-bond acceptors (Lipinski definition) is 6. The maximum atomic E-state index is 13.0. The Morgan fingerprint density at radius 1 is 1.15 bits per heavy atom. The van der Waals surface area contributed by atoms with Crippen molar-refractivity contribution in [1.82, 2.24) is 4.90 Å². The molecule has 7 heteroatoms. The third kappa shape index (κ3) is 4.49. The van der Waals surface area contributed by atoms with Crippen molar-refractivity contribution in [3.8, 4) is 17.6 Å². The first-order valence-corrected chi connectivity index (χ1v) is 11.8. The van der Waals surface area contributed by atoms with Gasteiger partial charge in [0.2, 0.25) is 0 Å². The molecule has 170 valence electrons. The fraction of sp³-hybridized carbons (Fsp3) is 0.308. The normalized spacial score (nSPS) is 18.2. The summed E-state index contributed by atoms with van der Waals surface area (Å²) in [6, 6.07) is 15.8. The van der Waals surface area contributed by atoms with Crippen LogP contribution in [0.5, 0.6) is 11.5 Å². The lowest BCUT2D eigenvalue weighted by Gasteiger charge is -2.37. The number of allylic oxidation sites excluding steroid dienone is 3. The summed E-state index contributed by atoms with van der Waals surface area (Å²) in [6.07, 6.45) is 2.03. The molecule has 6 nitrogen and oxygen atoms in total. The molecule has 1 aliphatic carbocycles. The first kappa shape index (κ1) is 22.9. The van der Waals surface area contributed by atoms with Gasteiger partial charge in [0, 0.05) is 29.2 Å². The number of benzene rings is 2. The summed E-state index contributed by atoms with van der Waals surface area (Å²) in [7, 11) is 1.82. The second kappa shape index (κ2) is 9.72. The zero-order valence-corrected chi connectivity index (χ0v) is 20.3. The van der Waals surface area contributed by atoms with Crippen LogP contribution in [0.3, 0.4) is 0 Å². The molecule has 0 aromatic heterocycles. The van der Waals surface area contributed by atoms with Gasteiger partial charge in [0.05, 0.1) is 24.2 Å². The minimum Gasteiger partial charge on any atom is -0.490 e. The molecule has 0 amide bonds. The number of carbonyl (C=O) groups excluding carboxylic acids is 1. The zero-order chi connectivity index (χ0) is 23.5. The van der Waals surface area contributed by atoms with E-state index in [-0.39, 0.29) is 5.78 Å². The Bertz CT molecular complexity index is 1180. The van der Waals surface area contributed by atoms with Crippen molar-refractivity contribution in [2.45, 2.75) is 38.7 Å². The molecule has 2 aliphatic rings. The van der Waals surface area contributed by atoms with Crippen molar-refractivity contribution < 1.29 is 14.3 Å². The fourth-order valence-corrected chi connectivity index (χ4v) is 4.69. The quantitative estimate of drug-likeness (QED) is 0.580. The highest BCUT2D eigenvalue weighted by Gasteiger charge is 2.38. The van der Waals surface area contributed by atoms with Crippen LogP contribution in [0.1, 0.15) is 43.2 Å². The van der Waals surface area contributed by atoms with Crippen molar-refractivity contribution in [3.05, 3.63) is 80.7 Å². The number of halogens is 1. The maximum absolute atomic E-state index is 13.0. The molecular formula is C26H26BrN3O3. The van der Waals surface area contributed by atoms with Gasteiger partial charge in [-0.1, -0.05) is 34.1 Å². The Balaban J connectivity index is 1.72. The number of hydrogen-bond donors (Lipinski definition) is 1. The summed E-state index contributed by atoms with van der Waals surface area (Å²) in [5.74, 6) is 1.14. The molecule has 2 aromatic carbocycles. The molecular weight excluding hydrogens is 482 g/mol. The number of ether oxygens (including phenoxy) is 2. The third-order valence-electron chi connectivity index (χ3n) is 6.08. The average molecular weight is 508 g/mol. The first-order valence-electron chi connectivity index (χ1n) is 11.0. The number of nitriles is 1. The molecule has 0 radical (unpaired) electrons.